The van der Waals surface area contributed by atoms with E-state index < -0.39 is 0 Å². The SMILES string of the molecule is CCc1nn(C)c2c1nc(N)n2CCc1ccc(Br)s1. The molecular weight excluding hydrogens is 338 g/mol. The first-order valence-electron chi connectivity index (χ1n) is 6.52. The van der Waals surface area contributed by atoms with E-state index in [4.69, 9.17) is 5.73 Å². The first-order valence-corrected chi connectivity index (χ1v) is 8.13. The summed E-state index contributed by atoms with van der Waals surface area (Å²) in [4.78, 5) is 5.80. The maximum atomic E-state index is 6.06. The van der Waals surface area contributed by atoms with Crippen LogP contribution in [0.2, 0.25) is 0 Å². The molecule has 106 valence electrons. The molecule has 0 aliphatic heterocycles. The van der Waals surface area contributed by atoms with E-state index in [0.29, 0.717) is 5.95 Å². The van der Waals surface area contributed by atoms with Crippen LogP contribution >= 0.6 is 27.3 Å². The van der Waals surface area contributed by atoms with Crippen molar-refractivity contribution in [2.45, 2.75) is 26.3 Å². The van der Waals surface area contributed by atoms with E-state index in [1.165, 1.54) is 4.88 Å². The first-order chi connectivity index (χ1) is 9.60. The molecule has 20 heavy (non-hydrogen) atoms. The topological polar surface area (TPSA) is 61.7 Å². The summed E-state index contributed by atoms with van der Waals surface area (Å²) >= 11 is 5.24. The number of nitrogens with two attached hydrogens (primary N) is 1. The molecule has 3 aromatic rings. The van der Waals surface area contributed by atoms with Gasteiger partial charge in [-0.2, -0.15) is 5.10 Å². The molecule has 3 heterocycles. The minimum absolute atomic E-state index is 0.568. The summed E-state index contributed by atoms with van der Waals surface area (Å²) in [5.74, 6) is 0.568. The fourth-order valence-corrected chi connectivity index (χ4v) is 3.90. The van der Waals surface area contributed by atoms with Crippen molar-refractivity contribution < 1.29 is 0 Å². The molecule has 0 aliphatic carbocycles. The summed E-state index contributed by atoms with van der Waals surface area (Å²) in [6, 6.07) is 4.21. The van der Waals surface area contributed by atoms with Crippen molar-refractivity contribution in [1.82, 2.24) is 19.3 Å². The van der Waals surface area contributed by atoms with E-state index >= 15 is 0 Å². The van der Waals surface area contributed by atoms with Gasteiger partial charge in [0, 0.05) is 18.5 Å². The van der Waals surface area contributed by atoms with Gasteiger partial charge >= 0.3 is 0 Å². The van der Waals surface area contributed by atoms with Crippen LogP contribution in [0.25, 0.3) is 11.2 Å². The van der Waals surface area contributed by atoms with Crippen LogP contribution in [0.3, 0.4) is 0 Å². The number of aromatic nitrogens is 4. The van der Waals surface area contributed by atoms with Gasteiger partial charge in [0.05, 0.1) is 9.48 Å². The monoisotopic (exact) mass is 353 g/mol. The number of aryl methyl sites for hydroxylation is 4. The summed E-state index contributed by atoms with van der Waals surface area (Å²) in [6.07, 6.45) is 1.81. The van der Waals surface area contributed by atoms with E-state index in [-0.39, 0.29) is 0 Å². The highest BCUT2D eigenvalue weighted by Crippen LogP contribution is 2.25. The highest BCUT2D eigenvalue weighted by molar-refractivity contribution is 9.11. The van der Waals surface area contributed by atoms with Crippen molar-refractivity contribution >= 4 is 44.4 Å². The van der Waals surface area contributed by atoms with Gasteiger partial charge in [-0.1, -0.05) is 6.92 Å². The number of anilines is 1. The molecule has 0 aliphatic rings. The minimum atomic E-state index is 0.568. The lowest BCUT2D eigenvalue weighted by Crippen LogP contribution is -2.08. The molecule has 0 spiro atoms. The molecule has 0 saturated carbocycles. The number of rotatable bonds is 4. The molecule has 0 unspecified atom stereocenters. The first kappa shape index (κ1) is 13.6. The number of fused-ring (bicyclic) bond motifs is 1. The average molecular weight is 354 g/mol. The Morgan fingerprint density at radius 2 is 2.20 bits per heavy atom. The van der Waals surface area contributed by atoms with E-state index in [9.17, 15) is 0 Å². The Balaban J connectivity index is 1.94. The lowest BCUT2D eigenvalue weighted by atomic mass is 10.3. The molecule has 0 amide bonds. The summed E-state index contributed by atoms with van der Waals surface area (Å²) in [7, 11) is 1.95. The quantitative estimate of drug-likeness (QED) is 0.784. The van der Waals surface area contributed by atoms with Crippen LogP contribution in [0, 0.1) is 0 Å². The van der Waals surface area contributed by atoms with Crippen LogP contribution in [0.4, 0.5) is 5.95 Å². The van der Waals surface area contributed by atoms with E-state index in [2.05, 4.69) is 49.6 Å². The molecule has 2 N–H and O–H groups in total. The lowest BCUT2D eigenvalue weighted by Gasteiger charge is -2.05. The Morgan fingerprint density at radius 1 is 1.40 bits per heavy atom. The fraction of sp³-hybridized carbons (Fsp3) is 0.385. The van der Waals surface area contributed by atoms with Gasteiger partial charge in [-0.25, -0.2) is 4.98 Å². The van der Waals surface area contributed by atoms with E-state index in [1.807, 2.05) is 11.7 Å². The van der Waals surface area contributed by atoms with E-state index in [1.54, 1.807) is 11.3 Å². The molecule has 0 atom stereocenters. The Hall–Kier alpha value is -1.34. The summed E-state index contributed by atoms with van der Waals surface area (Å²) in [5.41, 5.74) is 9.01. The molecule has 0 fully saturated rings. The van der Waals surface area contributed by atoms with Crippen molar-refractivity contribution in [3.05, 3.63) is 26.5 Å². The molecule has 0 aromatic carbocycles. The van der Waals surface area contributed by atoms with Crippen molar-refractivity contribution in [1.29, 1.82) is 0 Å². The van der Waals surface area contributed by atoms with Crippen LogP contribution in [0.15, 0.2) is 15.9 Å². The van der Waals surface area contributed by atoms with Gasteiger partial charge in [-0.3, -0.25) is 9.25 Å². The molecular formula is C13H16BrN5S. The minimum Gasteiger partial charge on any atom is -0.369 e. The highest BCUT2D eigenvalue weighted by atomic mass is 79.9. The molecule has 5 nitrogen and oxygen atoms in total. The Kier molecular flexibility index (Phi) is 3.55. The second-order valence-corrected chi connectivity index (χ2v) is 7.22. The predicted octanol–water partition coefficient (Wildman–Crippen LogP) is 2.98. The largest absolute Gasteiger partial charge is 0.369 e. The molecule has 7 heteroatoms. The molecule has 0 radical (unpaired) electrons. The molecule has 0 saturated heterocycles. The second-order valence-electron chi connectivity index (χ2n) is 4.67. The number of nitrogens with zero attached hydrogens (tertiary/aromatic N) is 4. The van der Waals surface area contributed by atoms with Gasteiger partial charge in [-0.05, 0) is 40.9 Å². The van der Waals surface area contributed by atoms with Crippen molar-refractivity contribution in [3.63, 3.8) is 0 Å². The zero-order valence-corrected chi connectivity index (χ0v) is 13.8. The number of hydrogen-bond donors (Lipinski definition) is 1. The average Bonchev–Trinajstić information content (AvgIpc) is 3.04. The third kappa shape index (κ3) is 2.25. The lowest BCUT2D eigenvalue weighted by molar-refractivity contribution is 0.680. The Bertz CT molecular complexity index is 754. The van der Waals surface area contributed by atoms with Crippen LogP contribution in [0.1, 0.15) is 17.5 Å². The molecule has 3 aromatic heterocycles. The van der Waals surface area contributed by atoms with Gasteiger partial charge < -0.3 is 5.73 Å². The van der Waals surface area contributed by atoms with Crippen molar-refractivity contribution in [2.75, 3.05) is 5.73 Å². The van der Waals surface area contributed by atoms with Gasteiger partial charge in [0.25, 0.3) is 0 Å². The predicted molar refractivity (Wildman–Crippen MR) is 86.0 cm³/mol. The van der Waals surface area contributed by atoms with Gasteiger partial charge in [0.1, 0.15) is 5.52 Å². The number of imidazole rings is 1. The highest BCUT2D eigenvalue weighted by Gasteiger charge is 2.16. The third-order valence-electron chi connectivity index (χ3n) is 3.37. The number of hydrogen-bond acceptors (Lipinski definition) is 4. The molecule has 3 rings (SSSR count). The van der Waals surface area contributed by atoms with Crippen LogP contribution in [-0.4, -0.2) is 19.3 Å². The van der Waals surface area contributed by atoms with Crippen molar-refractivity contribution in [2.24, 2.45) is 7.05 Å². The van der Waals surface area contributed by atoms with Gasteiger partial charge in [0.2, 0.25) is 5.95 Å². The fourth-order valence-electron chi connectivity index (χ4n) is 2.43. The van der Waals surface area contributed by atoms with E-state index in [0.717, 1.165) is 40.0 Å². The maximum Gasteiger partial charge on any atom is 0.202 e. The smallest absolute Gasteiger partial charge is 0.202 e. The zero-order valence-electron chi connectivity index (χ0n) is 11.4. The number of thiophene rings is 1. The van der Waals surface area contributed by atoms with Crippen molar-refractivity contribution in [3.8, 4) is 0 Å². The second kappa shape index (κ2) is 5.21. The Morgan fingerprint density at radius 3 is 2.85 bits per heavy atom. The maximum absolute atomic E-state index is 6.06. The molecule has 0 bridgehead atoms. The zero-order chi connectivity index (χ0) is 14.3. The van der Waals surface area contributed by atoms with Crippen LogP contribution in [0.5, 0.6) is 0 Å². The standard InChI is InChI=1S/C13H16BrN5S/c1-3-9-11-12(18(2)17-9)19(13(15)16-11)7-6-8-4-5-10(14)20-8/h4-5H,3,6-7H2,1-2H3,(H2,15,16). The van der Waals surface area contributed by atoms with Crippen LogP contribution in [-0.2, 0) is 26.4 Å². The normalized spacial score (nSPS) is 11.6. The van der Waals surface area contributed by atoms with Gasteiger partial charge in [0.15, 0.2) is 5.65 Å². The third-order valence-corrected chi connectivity index (χ3v) is 5.05. The van der Waals surface area contributed by atoms with Crippen LogP contribution < -0.4 is 5.73 Å². The number of halogens is 1. The Labute approximate surface area is 129 Å². The summed E-state index contributed by atoms with van der Waals surface area (Å²) < 4.78 is 5.09. The number of nitrogen functional groups attached to an aromatic ring is 1. The summed E-state index contributed by atoms with van der Waals surface area (Å²) in [5, 5.41) is 4.50. The summed E-state index contributed by atoms with van der Waals surface area (Å²) in [6.45, 7) is 2.90. The van der Waals surface area contributed by atoms with Gasteiger partial charge in [-0.15, -0.1) is 11.3 Å².